The Morgan fingerprint density at radius 3 is 2.11 bits per heavy atom. The number of benzene rings is 3. The van der Waals surface area contributed by atoms with E-state index in [4.69, 9.17) is 11.1 Å². The Labute approximate surface area is 218 Å². The summed E-state index contributed by atoms with van der Waals surface area (Å²) in [6, 6.07) is 23.7. The second-order valence-corrected chi connectivity index (χ2v) is 8.55. The molecule has 0 fully saturated rings. The number of phenolic OH excluding ortho intramolecular Hbond substituents is 1. The summed E-state index contributed by atoms with van der Waals surface area (Å²) < 4.78 is 0. The number of phenols is 1. The lowest BCUT2D eigenvalue weighted by atomic mass is 10.1. The summed E-state index contributed by atoms with van der Waals surface area (Å²) in [6.45, 7) is 4.83. The Balaban J connectivity index is 0.000000510. The van der Waals surface area contributed by atoms with Crippen molar-refractivity contribution in [2.45, 2.75) is 39.3 Å². The van der Waals surface area contributed by atoms with Gasteiger partial charge < -0.3 is 26.8 Å². The van der Waals surface area contributed by atoms with Gasteiger partial charge in [-0.3, -0.25) is 15.0 Å². The lowest BCUT2D eigenvalue weighted by Gasteiger charge is -2.14. The number of hydrogen-bond donors (Lipinski definition) is 6. The largest absolute Gasteiger partial charge is 0.508 e. The molecule has 0 aliphatic heterocycles. The topological polar surface area (TPSA) is 140 Å². The molecule has 0 saturated heterocycles. The number of aromatic hydroxyl groups is 1. The number of nitrogens with two attached hydrogens (primary N) is 1. The second kappa shape index (κ2) is 15.7. The fraction of sp³-hybridized carbons (Fsp3) is 0.276. The molecule has 0 bridgehead atoms. The van der Waals surface area contributed by atoms with E-state index in [2.05, 4.69) is 47.1 Å². The highest BCUT2D eigenvalue weighted by molar-refractivity contribution is 5.94. The normalized spacial score (nSPS) is 11.0. The monoisotopic (exact) mass is 503 g/mol. The Hall–Kier alpha value is -4.17. The summed E-state index contributed by atoms with van der Waals surface area (Å²) in [5.74, 6) is -0.322. The molecule has 3 aromatic carbocycles. The summed E-state index contributed by atoms with van der Waals surface area (Å²) in [6.07, 6.45) is 1.87. The van der Waals surface area contributed by atoms with Crippen molar-refractivity contribution in [1.29, 1.82) is 5.41 Å². The van der Waals surface area contributed by atoms with E-state index in [0.717, 1.165) is 24.0 Å². The summed E-state index contributed by atoms with van der Waals surface area (Å²) >= 11 is 0. The van der Waals surface area contributed by atoms with Crippen LogP contribution >= 0.6 is 0 Å². The molecule has 8 nitrogen and oxygen atoms in total. The zero-order valence-corrected chi connectivity index (χ0v) is 21.5. The summed E-state index contributed by atoms with van der Waals surface area (Å²) in [7, 11) is 0. The van der Waals surface area contributed by atoms with Gasteiger partial charge in [-0.25, -0.2) is 0 Å². The first-order valence-electron chi connectivity index (χ1n) is 12.3. The molecule has 0 aliphatic carbocycles. The van der Waals surface area contributed by atoms with Crippen LogP contribution in [-0.4, -0.2) is 41.9 Å². The summed E-state index contributed by atoms with van der Waals surface area (Å²) in [4.78, 5) is 24.1. The van der Waals surface area contributed by atoms with Crippen molar-refractivity contribution in [3.8, 4) is 5.75 Å². The van der Waals surface area contributed by atoms with E-state index in [0.29, 0.717) is 18.7 Å². The van der Waals surface area contributed by atoms with Crippen molar-refractivity contribution < 1.29 is 14.7 Å². The van der Waals surface area contributed by atoms with Crippen molar-refractivity contribution in [2.75, 3.05) is 13.1 Å². The van der Waals surface area contributed by atoms with Gasteiger partial charge in [0.2, 0.25) is 11.8 Å². The van der Waals surface area contributed by atoms with Crippen molar-refractivity contribution >= 4 is 17.6 Å². The minimum atomic E-state index is -0.655. The molecule has 7 N–H and O–H groups in total. The van der Waals surface area contributed by atoms with Gasteiger partial charge in [0.25, 0.3) is 0 Å². The molecule has 196 valence electrons. The number of carbonyl (C=O) groups excluding carboxylic acids is 2. The second-order valence-electron chi connectivity index (χ2n) is 8.55. The van der Waals surface area contributed by atoms with Gasteiger partial charge in [0.05, 0.1) is 6.54 Å². The van der Waals surface area contributed by atoms with Crippen LogP contribution in [0.5, 0.6) is 5.75 Å². The number of amides is 2. The van der Waals surface area contributed by atoms with E-state index >= 15 is 0 Å². The van der Waals surface area contributed by atoms with Gasteiger partial charge in [0.1, 0.15) is 17.6 Å². The molecule has 8 heteroatoms. The molecule has 0 aliphatic rings. The quantitative estimate of drug-likeness (QED) is 0.136. The van der Waals surface area contributed by atoms with Crippen molar-refractivity contribution in [3.05, 3.63) is 101 Å². The average Bonchev–Trinajstić information content (AvgIpc) is 2.91. The molecule has 0 heterocycles. The predicted molar refractivity (Wildman–Crippen MR) is 147 cm³/mol. The maximum atomic E-state index is 12.1. The summed E-state index contributed by atoms with van der Waals surface area (Å²) in [5, 5.41) is 25.1. The average molecular weight is 504 g/mol. The van der Waals surface area contributed by atoms with Crippen LogP contribution in [0.4, 0.5) is 0 Å². The number of carbonyl (C=O) groups is 2. The third-order valence-corrected chi connectivity index (χ3v) is 5.57. The van der Waals surface area contributed by atoms with Crippen LogP contribution in [0.3, 0.4) is 0 Å². The highest BCUT2D eigenvalue weighted by Gasteiger charge is 2.15. The molecule has 1 atom stereocenters. The van der Waals surface area contributed by atoms with Crippen LogP contribution in [-0.2, 0) is 29.0 Å². The van der Waals surface area contributed by atoms with E-state index in [1.54, 1.807) is 43.3 Å². The molecule has 0 radical (unpaired) electrons. The lowest BCUT2D eigenvalue weighted by molar-refractivity contribution is -0.128. The molecular formula is C29H37N5O3. The Kier molecular flexibility index (Phi) is 12.4. The van der Waals surface area contributed by atoms with E-state index < -0.39 is 6.04 Å². The number of nitrogen functional groups attached to an aromatic ring is 1. The molecular weight excluding hydrogens is 466 g/mol. The molecule has 37 heavy (non-hydrogen) atoms. The van der Waals surface area contributed by atoms with Crippen LogP contribution in [0.15, 0.2) is 78.9 Å². The Morgan fingerprint density at radius 1 is 0.919 bits per heavy atom. The molecule has 3 rings (SSSR count). The third kappa shape index (κ3) is 11.4. The van der Waals surface area contributed by atoms with Gasteiger partial charge in [0.15, 0.2) is 0 Å². The first kappa shape index (κ1) is 29.1. The van der Waals surface area contributed by atoms with Crippen molar-refractivity contribution in [1.82, 2.24) is 16.0 Å². The number of nitrogens with one attached hydrogen (secondary N) is 4. The SMILES string of the molecule is CC(NC(=O)CNCCc1ccc(O)cc1)C(=O)NCc1ccc(C(=N)N)cc1.CCc1ccccc1. The van der Waals surface area contributed by atoms with E-state index in [-0.39, 0.29) is 29.9 Å². The molecule has 1 unspecified atom stereocenters. The summed E-state index contributed by atoms with van der Waals surface area (Å²) in [5.41, 5.74) is 9.37. The first-order valence-corrected chi connectivity index (χ1v) is 12.3. The standard InChI is InChI=1S/C21H27N5O3.C8H10/c1-14(21(29)25-12-16-2-6-17(7-3-16)20(22)23)26-19(28)13-24-11-10-15-4-8-18(27)9-5-15;1-2-8-6-4-3-5-7-8/h2-9,14,24,27H,10-13H2,1H3,(H3,22,23)(H,25,29)(H,26,28);3-7H,2H2,1H3. The number of hydrogen-bond acceptors (Lipinski definition) is 5. The molecule has 3 aromatic rings. The van der Waals surface area contributed by atoms with Crippen LogP contribution in [0.2, 0.25) is 0 Å². The zero-order chi connectivity index (χ0) is 27.0. The molecule has 0 saturated carbocycles. The molecule has 0 spiro atoms. The smallest absolute Gasteiger partial charge is 0.242 e. The lowest BCUT2D eigenvalue weighted by Crippen LogP contribution is -2.47. The van der Waals surface area contributed by atoms with Gasteiger partial charge in [0, 0.05) is 12.1 Å². The van der Waals surface area contributed by atoms with E-state index in [1.807, 2.05) is 18.2 Å². The number of amidine groups is 1. The van der Waals surface area contributed by atoms with Crippen LogP contribution < -0.4 is 21.7 Å². The minimum absolute atomic E-state index is 0.00593. The fourth-order valence-electron chi connectivity index (χ4n) is 3.31. The van der Waals surface area contributed by atoms with Crippen LogP contribution in [0.1, 0.15) is 36.1 Å². The number of aryl methyl sites for hydroxylation is 1. The van der Waals surface area contributed by atoms with Crippen molar-refractivity contribution in [2.24, 2.45) is 5.73 Å². The van der Waals surface area contributed by atoms with E-state index in [1.165, 1.54) is 5.56 Å². The maximum Gasteiger partial charge on any atom is 0.242 e. The van der Waals surface area contributed by atoms with Crippen LogP contribution in [0, 0.1) is 5.41 Å². The van der Waals surface area contributed by atoms with Gasteiger partial charge in [-0.2, -0.15) is 0 Å². The minimum Gasteiger partial charge on any atom is -0.508 e. The van der Waals surface area contributed by atoms with Gasteiger partial charge >= 0.3 is 0 Å². The molecule has 2 amide bonds. The van der Waals surface area contributed by atoms with Crippen molar-refractivity contribution in [3.63, 3.8) is 0 Å². The highest BCUT2D eigenvalue weighted by atomic mass is 16.3. The maximum absolute atomic E-state index is 12.1. The van der Waals surface area contributed by atoms with Gasteiger partial charge in [-0.1, -0.05) is 73.7 Å². The molecule has 0 aromatic heterocycles. The van der Waals surface area contributed by atoms with Gasteiger partial charge in [-0.15, -0.1) is 0 Å². The number of rotatable bonds is 11. The van der Waals surface area contributed by atoms with Gasteiger partial charge in [-0.05, 0) is 55.1 Å². The Morgan fingerprint density at radius 2 is 1.54 bits per heavy atom. The predicted octanol–water partition coefficient (Wildman–Crippen LogP) is 2.88. The van der Waals surface area contributed by atoms with E-state index in [9.17, 15) is 14.7 Å². The fourth-order valence-corrected chi connectivity index (χ4v) is 3.31. The zero-order valence-electron chi connectivity index (χ0n) is 21.5. The highest BCUT2D eigenvalue weighted by Crippen LogP contribution is 2.09. The first-order chi connectivity index (χ1) is 17.8. The van der Waals surface area contributed by atoms with Crippen LogP contribution in [0.25, 0.3) is 0 Å². The third-order valence-electron chi connectivity index (χ3n) is 5.57. The Bertz CT molecular complexity index is 1120.